The third-order valence-corrected chi connectivity index (χ3v) is 2.29. The first-order chi connectivity index (χ1) is 7.19. The van der Waals surface area contributed by atoms with Gasteiger partial charge in [-0.1, -0.05) is 20.8 Å². The molecule has 0 bridgehead atoms. The summed E-state index contributed by atoms with van der Waals surface area (Å²) in [6, 6.07) is 0. The Balaban J connectivity index is 4.31. The molecule has 0 saturated carbocycles. The monoisotopic (exact) mass is 214 g/mol. The first-order valence-electron chi connectivity index (χ1n) is 5.64. The van der Waals surface area contributed by atoms with Crippen LogP contribution in [0.1, 0.15) is 33.6 Å². The normalized spacial score (nSPS) is 11.0. The molecule has 0 aliphatic heterocycles. The minimum Gasteiger partial charge on any atom is -0.302 e. The van der Waals surface area contributed by atoms with E-state index in [2.05, 4.69) is 6.92 Å². The molecule has 0 saturated heterocycles. The van der Waals surface area contributed by atoms with Crippen molar-refractivity contribution in [2.24, 2.45) is 0 Å². The number of hydrogen-bond donors (Lipinski definition) is 0. The fraction of sp³-hybridized carbons (Fsp3) is 0.818. The van der Waals surface area contributed by atoms with Gasteiger partial charge in [0.2, 0.25) is 0 Å². The summed E-state index contributed by atoms with van der Waals surface area (Å²) in [6.45, 7) is 8.30. The van der Waals surface area contributed by atoms with Gasteiger partial charge in [0, 0.05) is 19.5 Å². The van der Waals surface area contributed by atoms with Crippen LogP contribution in [-0.2, 0) is 9.59 Å². The van der Waals surface area contributed by atoms with E-state index >= 15 is 0 Å². The summed E-state index contributed by atoms with van der Waals surface area (Å²) in [5.74, 6) is 0.216. The molecule has 15 heavy (non-hydrogen) atoms. The Morgan fingerprint density at radius 2 is 1.87 bits per heavy atom. The molecule has 0 N–H and O–H groups in total. The zero-order valence-corrected chi connectivity index (χ0v) is 10.0. The minimum atomic E-state index is 0.216. The highest BCUT2D eigenvalue weighted by molar-refractivity contribution is 5.80. The smallest absolute Gasteiger partial charge is 0.148 e. The Kier molecular flexibility index (Phi) is 8.14. The molecule has 0 aromatic heterocycles. The van der Waals surface area contributed by atoms with E-state index in [-0.39, 0.29) is 5.78 Å². The molecule has 88 valence electrons. The number of hydrazine groups is 1. The van der Waals surface area contributed by atoms with Crippen molar-refractivity contribution in [3.05, 3.63) is 0 Å². The first-order valence-corrected chi connectivity index (χ1v) is 5.64. The van der Waals surface area contributed by atoms with Crippen LogP contribution in [0.3, 0.4) is 0 Å². The highest BCUT2D eigenvalue weighted by Gasteiger charge is 2.14. The second-order valence-electron chi connectivity index (χ2n) is 3.45. The van der Waals surface area contributed by atoms with Crippen LogP contribution in [0.25, 0.3) is 0 Å². The average molecular weight is 214 g/mol. The van der Waals surface area contributed by atoms with E-state index in [1.165, 1.54) is 0 Å². The van der Waals surface area contributed by atoms with Crippen LogP contribution in [0.2, 0.25) is 0 Å². The van der Waals surface area contributed by atoms with Crippen molar-refractivity contribution in [1.82, 2.24) is 10.0 Å². The summed E-state index contributed by atoms with van der Waals surface area (Å²) < 4.78 is 0. The summed E-state index contributed by atoms with van der Waals surface area (Å²) >= 11 is 0. The molecule has 0 atom stereocenters. The molecule has 0 heterocycles. The largest absolute Gasteiger partial charge is 0.302 e. The van der Waals surface area contributed by atoms with Gasteiger partial charge in [-0.2, -0.15) is 0 Å². The molecule has 0 amide bonds. The van der Waals surface area contributed by atoms with Crippen molar-refractivity contribution in [2.45, 2.75) is 33.6 Å². The van der Waals surface area contributed by atoms with Gasteiger partial charge >= 0.3 is 0 Å². The highest BCUT2D eigenvalue weighted by atomic mass is 16.1. The lowest BCUT2D eigenvalue weighted by Crippen LogP contribution is -2.46. The summed E-state index contributed by atoms with van der Waals surface area (Å²) in [6.07, 6.45) is 2.41. The number of hydrogen-bond acceptors (Lipinski definition) is 4. The van der Waals surface area contributed by atoms with Crippen molar-refractivity contribution in [1.29, 1.82) is 0 Å². The Hall–Kier alpha value is -0.740. The van der Waals surface area contributed by atoms with Gasteiger partial charge in [0.1, 0.15) is 12.1 Å². The maximum Gasteiger partial charge on any atom is 0.148 e. The molecule has 0 rings (SSSR count). The number of carbonyl (C=O) groups is 2. The molecule has 4 heteroatoms. The summed E-state index contributed by atoms with van der Waals surface area (Å²) in [5.41, 5.74) is 0. The number of Topliss-reactive ketones (excluding diaryl/α,β-unsaturated/α-hetero) is 1. The molecule has 0 unspecified atom stereocenters. The molecule has 0 fully saturated rings. The number of ketones is 1. The van der Waals surface area contributed by atoms with Crippen LogP contribution in [0.15, 0.2) is 0 Å². The Labute approximate surface area is 92.2 Å². The summed E-state index contributed by atoms with van der Waals surface area (Å²) in [4.78, 5) is 21.8. The van der Waals surface area contributed by atoms with E-state index in [0.717, 1.165) is 25.8 Å². The molecule has 0 aromatic carbocycles. The number of aldehydes is 1. The van der Waals surface area contributed by atoms with E-state index in [9.17, 15) is 9.59 Å². The van der Waals surface area contributed by atoms with Gasteiger partial charge in [0.05, 0.1) is 13.1 Å². The fourth-order valence-corrected chi connectivity index (χ4v) is 1.42. The number of nitrogens with zero attached hydrogens (tertiary/aromatic N) is 2. The van der Waals surface area contributed by atoms with Crippen LogP contribution in [-0.4, -0.2) is 48.3 Å². The predicted octanol–water partition coefficient (Wildman–Crippen LogP) is 1.11. The first kappa shape index (κ1) is 14.3. The molecule has 4 nitrogen and oxygen atoms in total. The van der Waals surface area contributed by atoms with Gasteiger partial charge in [-0.25, -0.2) is 10.0 Å². The van der Waals surface area contributed by atoms with Gasteiger partial charge in [-0.05, 0) is 6.42 Å². The maximum atomic E-state index is 11.4. The second kappa shape index (κ2) is 8.56. The predicted molar refractivity (Wildman–Crippen MR) is 60.5 cm³/mol. The van der Waals surface area contributed by atoms with E-state index in [4.69, 9.17) is 0 Å². The van der Waals surface area contributed by atoms with E-state index in [1.807, 2.05) is 23.9 Å². The lowest BCUT2D eigenvalue weighted by atomic mass is 10.3. The van der Waals surface area contributed by atoms with Crippen LogP contribution in [0.4, 0.5) is 0 Å². The molecular formula is C11H22N2O2. The average Bonchev–Trinajstić information content (AvgIpc) is 2.25. The van der Waals surface area contributed by atoms with Crippen LogP contribution in [0, 0.1) is 0 Å². The molecule has 0 aromatic rings. The molecule has 0 spiro atoms. The topological polar surface area (TPSA) is 40.6 Å². The van der Waals surface area contributed by atoms with Crippen LogP contribution >= 0.6 is 0 Å². The van der Waals surface area contributed by atoms with Gasteiger partial charge in [-0.3, -0.25) is 4.79 Å². The van der Waals surface area contributed by atoms with Gasteiger partial charge in [0.15, 0.2) is 0 Å². The Bertz CT molecular complexity index is 195. The highest BCUT2D eigenvalue weighted by Crippen LogP contribution is 2.00. The van der Waals surface area contributed by atoms with Crippen molar-refractivity contribution in [2.75, 3.05) is 26.2 Å². The van der Waals surface area contributed by atoms with Crippen molar-refractivity contribution < 1.29 is 9.59 Å². The number of likely N-dealkylation sites (N-methyl/N-ethyl adjacent to an activating group) is 1. The van der Waals surface area contributed by atoms with Gasteiger partial charge in [0.25, 0.3) is 0 Å². The van der Waals surface area contributed by atoms with Crippen molar-refractivity contribution in [3.8, 4) is 0 Å². The van der Waals surface area contributed by atoms with Crippen molar-refractivity contribution in [3.63, 3.8) is 0 Å². The lowest BCUT2D eigenvalue weighted by Gasteiger charge is -2.32. The second-order valence-corrected chi connectivity index (χ2v) is 3.45. The van der Waals surface area contributed by atoms with Gasteiger partial charge < -0.3 is 4.79 Å². The fourth-order valence-electron chi connectivity index (χ4n) is 1.42. The van der Waals surface area contributed by atoms with Crippen LogP contribution in [0.5, 0.6) is 0 Å². The zero-order valence-electron chi connectivity index (χ0n) is 10.0. The SMILES string of the molecule is CCCN(CC(=O)CC)N(CC)CC=O. The van der Waals surface area contributed by atoms with Crippen molar-refractivity contribution >= 4 is 12.1 Å². The molecule has 0 radical (unpaired) electrons. The number of carbonyl (C=O) groups excluding carboxylic acids is 2. The third kappa shape index (κ3) is 5.64. The molecular weight excluding hydrogens is 192 g/mol. The third-order valence-electron chi connectivity index (χ3n) is 2.29. The maximum absolute atomic E-state index is 11.4. The van der Waals surface area contributed by atoms with E-state index in [1.54, 1.807) is 0 Å². The molecule has 0 aliphatic rings. The lowest BCUT2D eigenvalue weighted by molar-refractivity contribution is -0.128. The number of rotatable bonds is 9. The summed E-state index contributed by atoms with van der Waals surface area (Å²) in [7, 11) is 0. The van der Waals surface area contributed by atoms with Gasteiger partial charge in [-0.15, -0.1) is 0 Å². The van der Waals surface area contributed by atoms with E-state index in [0.29, 0.717) is 19.5 Å². The standard InChI is InChI=1S/C11H22N2O2/c1-4-7-13(10-11(15)5-2)12(6-3)8-9-14/h9H,4-8,10H2,1-3H3. The quantitative estimate of drug-likeness (QED) is 0.426. The van der Waals surface area contributed by atoms with E-state index < -0.39 is 0 Å². The summed E-state index contributed by atoms with van der Waals surface area (Å²) in [5, 5.41) is 3.89. The Morgan fingerprint density at radius 1 is 1.20 bits per heavy atom. The Morgan fingerprint density at radius 3 is 2.27 bits per heavy atom. The van der Waals surface area contributed by atoms with Crippen LogP contribution < -0.4 is 0 Å². The minimum absolute atomic E-state index is 0.216. The zero-order chi connectivity index (χ0) is 11.7. The molecule has 0 aliphatic carbocycles.